The van der Waals surface area contributed by atoms with Crippen molar-refractivity contribution >= 4 is 39.9 Å². The Hall–Kier alpha value is 0.620. The molecule has 1 aliphatic heterocycles. The molecule has 40 valence electrons. The van der Waals surface area contributed by atoms with Gasteiger partial charge in [0.1, 0.15) is 0 Å². The van der Waals surface area contributed by atoms with Crippen LogP contribution in [0.1, 0.15) is 12.8 Å². The van der Waals surface area contributed by atoms with Crippen LogP contribution in [0.2, 0.25) is 0 Å². The summed E-state index contributed by atoms with van der Waals surface area (Å²) < 4.78 is 5.43. The molecule has 0 aromatic rings. The van der Waals surface area contributed by atoms with Crippen LogP contribution < -0.4 is 0 Å². The van der Waals surface area contributed by atoms with E-state index in [1.165, 1.54) is 0 Å². The number of hydrogen-bond donors (Lipinski definition) is 0. The van der Waals surface area contributed by atoms with Crippen molar-refractivity contribution < 1.29 is 4.74 Å². The Kier molecular flexibility index (Phi) is 1.86. The fourth-order valence-electron chi connectivity index (χ4n) is 0.492. The van der Waals surface area contributed by atoms with Crippen LogP contribution in [-0.4, -0.2) is 9.16 Å². The largest absolute Gasteiger partial charge is 0.474 e. The van der Waals surface area contributed by atoms with E-state index in [0.29, 0.717) is 4.11 Å². The summed E-state index contributed by atoms with van der Waals surface area (Å²) in [5.74, 6) is 0. The van der Waals surface area contributed by atoms with E-state index in [-0.39, 0.29) is 0 Å². The highest BCUT2D eigenvalue weighted by atomic mass is 127. The topological polar surface area (TPSA) is 9.23 Å². The van der Waals surface area contributed by atoms with E-state index in [2.05, 4.69) is 22.6 Å². The highest BCUT2D eigenvalue weighted by Gasteiger charge is 2.15. The Labute approximate surface area is 61.6 Å². The molecule has 0 radical (unpaired) electrons. The summed E-state index contributed by atoms with van der Waals surface area (Å²) in [5, 5.41) is 0.777. The Balaban J connectivity index is 2.40. The first kappa shape index (κ1) is 5.75. The van der Waals surface area contributed by atoms with E-state index in [4.69, 9.17) is 17.0 Å². The predicted molar refractivity (Wildman–Crippen MR) is 40.7 cm³/mol. The van der Waals surface area contributed by atoms with Crippen LogP contribution in [0.25, 0.3) is 0 Å². The number of rotatable bonds is 0. The highest BCUT2D eigenvalue weighted by molar-refractivity contribution is 14.1. The lowest BCUT2D eigenvalue weighted by atomic mass is 10.4. The zero-order valence-electron chi connectivity index (χ0n) is 3.69. The molecule has 1 rings (SSSR count). The lowest BCUT2D eigenvalue weighted by molar-refractivity contribution is 0.332. The van der Waals surface area contributed by atoms with Gasteiger partial charge in [-0.05, 0) is 34.8 Å². The second kappa shape index (κ2) is 2.26. The fraction of sp³-hybridized carbons (Fsp3) is 0.750. The molecule has 0 bridgehead atoms. The fourth-order valence-corrected chi connectivity index (χ4v) is 1.52. The molecule has 1 nitrogen and oxygen atoms in total. The van der Waals surface area contributed by atoms with Crippen molar-refractivity contribution in [2.45, 2.75) is 17.0 Å². The van der Waals surface area contributed by atoms with Crippen molar-refractivity contribution in [2.75, 3.05) is 0 Å². The molecule has 0 aromatic carbocycles. The summed E-state index contributed by atoms with van der Waals surface area (Å²) >= 11 is 7.01. The number of hydrogen-bond acceptors (Lipinski definition) is 2. The molecule has 1 fully saturated rings. The van der Waals surface area contributed by atoms with Crippen molar-refractivity contribution in [3.8, 4) is 0 Å². The van der Waals surface area contributed by atoms with Gasteiger partial charge in [0.05, 0.1) is 0 Å². The minimum atomic E-state index is 0.352. The molecule has 0 aromatic heterocycles. The molecule has 7 heavy (non-hydrogen) atoms. The maximum Gasteiger partial charge on any atom is 0.161 e. The van der Waals surface area contributed by atoms with E-state index in [0.717, 1.165) is 17.9 Å². The first-order valence-corrected chi connectivity index (χ1v) is 3.78. The molecular weight excluding hydrogens is 223 g/mol. The quantitative estimate of drug-likeness (QED) is 0.355. The van der Waals surface area contributed by atoms with Crippen LogP contribution in [-0.2, 0) is 4.74 Å². The maximum atomic E-state index is 5.08. The molecule has 0 spiro atoms. The normalized spacial score (nSPS) is 30.4. The minimum absolute atomic E-state index is 0.352. The molecule has 0 saturated carbocycles. The zero-order chi connectivity index (χ0) is 5.28. The van der Waals surface area contributed by atoms with E-state index in [1.54, 1.807) is 0 Å². The van der Waals surface area contributed by atoms with Gasteiger partial charge in [-0.25, -0.2) is 0 Å². The Morgan fingerprint density at radius 1 is 1.86 bits per heavy atom. The number of halogens is 1. The second-order valence-electron chi connectivity index (χ2n) is 1.44. The summed E-state index contributed by atoms with van der Waals surface area (Å²) in [4.78, 5) is 0. The van der Waals surface area contributed by atoms with E-state index in [1.807, 2.05) is 0 Å². The Morgan fingerprint density at radius 2 is 2.57 bits per heavy atom. The SMILES string of the molecule is S=C1CCC(I)O1. The maximum absolute atomic E-state index is 5.08. The summed E-state index contributed by atoms with van der Waals surface area (Å²) in [6.07, 6.45) is 2.07. The van der Waals surface area contributed by atoms with Gasteiger partial charge in [0, 0.05) is 12.8 Å². The Morgan fingerprint density at radius 3 is 2.71 bits per heavy atom. The average Bonchev–Trinajstić information content (AvgIpc) is 1.87. The van der Waals surface area contributed by atoms with Crippen molar-refractivity contribution in [2.24, 2.45) is 0 Å². The Bertz CT molecular complexity index is 93.7. The van der Waals surface area contributed by atoms with E-state index in [9.17, 15) is 0 Å². The van der Waals surface area contributed by atoms with Gasteiger partial charge in [0.2, 0.25) is 0 Å². The average molecular weight is 228 g/mol. The van der Waals surface area contributed by atoms with Gasteiger partial charge < -0.3 is 4.74 Å². The molecule has 1 saturated heterocycles. The van der Waals surface area contributed by atoms with E-state index >= 15 is 0 Å². The molecule has 0 aliphatic carbocycles. The molecule has 1 aliphatic rings. The van der Waals surface area contributed by atoms with Crippen molar-refractivity contribution in [3.63, 3.8) is 0 Å². The molecule has 0 amide bonds. The first-order chi connectivity index (χ1) is 3.29. The summed E-state index contributed by atoms with van der Waals surface area (Å²) in [7, 11) is 0. The molecule has 1 heterocycles. The van der Waals surface area contributed by atoms with Crippen LogP contribution in [0.5, 0.6) is 0 Å². The minimum Gasteiger partial charge on any atom is -0.474 e. The smallest absolute Gasteiger partial charge is 0.161 e. The van der Waals surface area contributed by atoms with Crippen LogP contribution in [0.15, 0.2) is 0 Å². The monoisotopic (exact) mass is 228 g/mol. The predicted octanol–water partition coefficient (Wildman–Crippen LogP) is 1.89. The number of ether oxygens (including phenoxy) is 1. The lowest BCUT2D eigenvalue weighted by Gasteiger charge is -1.95. The van der Waals surface area contributed by atoms with Crippen molar-refractivity contribution in [1.82, 2.24) is 0 Å². The third-order valence-corrected chi connectivity index (χ3v) is 2.01. The van der Waals surface area contributed by atoms with Crippen LogP contribution in [0, 0.1) is 0 Å². The van der Waals surface area contributed by atoms with Gasteiger partial charge in [0.25, 0.3) is 0 Å². The van der Waals surface area contributed by atoms with Gasteiger partial charge in [-0.3, -0.25) is 0 Å². The standard InChI is InChI=1S/C4H5IOS/c5-3-1-2-4(7)6-3/h3H,1-2H2. The zero-order valence-corrected chi connectivity index (χ0v) is 6.66. The molecule has 1 atom stereocenters. The lowest BCUT2D eigenvalue weighted by Crippen LogP contribution is -1.92. The summed E-state index contributed by atoms with van der Waals surface area (Å²) in [5.41, 5.74) is 0. The van der Waals surface area contributed by atoms with Crippen LogP contribution in [0.4, 0.5) is 0 Å². The van der Waals surface area contributed by atoms with Crippen molar-refractivity contribution in [1.29, 1.82) is 0 Å². The van der Waals surface area contributed by atoms with Gasteiger partial charge >= 0.3 is 0 Å². The van der Waals surface area contributed by atoms with Gasteiger partial charge in [0.15, 0.2) is 9.16 Å². The molecule has 0 N–H and O–H groups in total. The molecule has 3 heteroatoms. The number of alkyl halides is 1. The van der Waals surface area contributed by atoms with Gasteiger partial charge in [-0.1, -0.05) is 0 Å². The van der Waals surface area contributed by atoms with Crippen LogP contribution in [0.3, 0.4) is 0 Å². The molecule has 1 unspecified atom stereocenters. The van der Waals surface area contributed by atoms with Gasteiger partial charge in [-0.2, -0.15) is 0 Å². The van der Waals surface area contributed by atoms with Crippen LogP contribution >= 0.6 is 34.8 Å². The second-order valence-corrected chi connectivity index (χ2v) is 3.28. The third kappa shape index (κ3) is 1.53. The summed E-state index contributed by atoms with van der Waals surface area (Å²) in [6.45, 7) is 0. The van der Waals surface area contributed by atoms with Crippen molar-refractivity contribution in [3.05, 3.63) is 0 Å². The van der Waals surface area contributed by atoms with E-state index < -0.39 is 0 Å². The van der Waals surface area contributed by atoms with Gasteiger partial charge in [-0.15, -0.1) is 0 Å². The third-order valence-electron chi connectivity index (χ3n) is 0.835. The first-order valence-electron chi connectivity index (χ1n) is 2.12. The number of thiocarbonyl (C=S) groups is 1. The highest BCUT2D eigenvalue weighted by Crippen LogP contribution is 2.19. The molecular formula is C4H5IOS. The summed E-state index contributed by atoms with van der Waals surface area (Å²) in [6, 6.07) is 0.